The van der Waals surface area contributed by atoms with Crippen molar-refractivity contribution in [1.29, 1.82) is 0 Å². The standard InChI is InChI=1S/C15H14FNO3S/c1-10(20-14(18)8-11-6-7-21-9-11)15(19)17-13-4-2-12(16)3-5-13/h2-7,9-10H,8H2,1H3,(H,17,19)/t10-/m0/s1. The summed E-state index contributed by atoms with van der Waals surface area (Å²) in [7, 11) is 0. The number of rotatable bonds is 5. The molecule has 0 radical (unpaired) electrons. The molecule has 0 spiro atoms. The van der Waals surface area contributed by atoms with E-state index in [9.17, 15) is 14.0 Å². The Morgan fingerprint density at radius 1 is 1.29 bits per heavy atom. The lowest BCUT2D eigenvalue weighted by Crippen LogP contribution is -2.30. The molecule has 2 rings (SSSR count). The topological polar surface area (TPSA) is 55.4 Å². The summed E-state index contributed by atoms with van der Waals surface area (Å²) in [6.07, 6.45) is -0.779. The molecule has 6 heteroatoms. The Balaban J connectivity index is 1.84. The number of carbonyl (C=O) groups excluding carboxylic acids is 2. The number of halogens is 1. The molecular weight excluding hydrogens is 293 g/mol. The van der Waals surface area contributed by atoms with Gasteiger partial charge in [0.15, 0.2) is 6.10 Å². The normalized spacial score (nSPS) is 11.7. The monoisotopic (exact) mass is 307 g/mol. The van der Waals surface area contributed by atoms with E-state index in [0.29, 0.717) is 5.69 Å². The quantitative estimate of drug-likeness (QED) is 0.864. The Hall–Kier alpha value is -2.21. The van der Waals surface area contributed by atoms with Crippen molar-refractivity contribution in [3.05, 3.63) is 52.5 Å². The van der Waals surface area contributed by atoms with Gasteiger partial charge in [-0.15, -0.1) is 0 Å². The number of carbonyl (C=O) groups is 2. The summed E-state index contributed by atoms with van der Waals surface area (Å²) in [6.45, 7) is 1.49. The van der Waals surface area contributed by atoms with Gasteiger partial charge in [-0.1, -0.05) is 0 Å². The maximum absolute atomic E-state index is 12.8. The van der Waals surface area contributed by atoms with Crippen molar-refractivity contribution in [3.8, 4) is 0 Å². The summed E-state index contributed by atoms with van der Waals surface area (Å²) in [6, 6.07) is 7.18. The smallest absolute Gasteiger partial charge is 0.311 e. The molecule has 0 saturated carbocycles. The van der Waals surface area contributed by atoms with E-state index in [2.05, 4.69) is 5.32 Å². The molecule has 0 unspecified atom stereocenters. The molecule has 0 bridgehead atoms. The number of amides is 1. The molecule has 1 heterocycles. The molecule has 1 aromatic carbocycles. The van der Waals surface area contributed by atoms with E-state index in [-0.39, 0.29) is 12.2 Å². The van der Waals surface area contributed by atoms with Gasteiger partial charge in [-0.2, -0.15) is 11.3 Å². The second-order valence-corrected chi connectivity index (χ2v) is 5.22. The second-order valence-electron chi connectivity index (χ2n) is 4.44. The van der Waals surface area contributed by atoms with Crippen LogP contribution in [0.15, 0.2) is 41.1 Å². The van der Waals surface area contributed by atoms with E-state index < -0.39 is 18.0 Å². The van der Waals surface area contributed by atoms with E-state index in [4.69, 9.17) is 4.74 Å². The largest absolute Gasteiger partial charge is 0.452 e. The van der Waals surface area contributed by atoms with Crippen LogP contribution in [0, 0.1) is 5.82 Å². The van der Waals surface area contributed by atoms with Crippen molar-refractivity contribution in [2.75, 3.05) is 5.32 Å². The third kappa shape index (κ3) is 4.68. The fourth-order valence-corrected chi connectivity index (χ4v) is 2.30. The maximum atomic E-state index is 12.8. The Kier molecular flexibility index (Phi) is 5.05. The molecule has 0 aliphatic carbocycles. The van der Waals surface area contributed by atoms with E-state index in [1.54, 1.807) is 0 Å². The first-order chi connectivity index (χ1) is 10.0. The summed E-state index contributed by atoms with van der Waals surface area (Å²) in [4.78, 5) is 23.5. The average molecular weight is 307 g/mol. The highest BCUT2D eigenvalue weighted by Crippen LogP contribution is 2.11. The van der Waals surface area contributed by atoms with Gasteiger partial charge < -0.3 is 10.1 Å². The van der Waals surface area contributed by atoms with Crippen LogP contribution in [-0.4, -0.2) is 18.0 Å². The molecule has 0 saturated heterocycles. The Labute approximate surface area is 125 Å². The van der Waals surface area contributed by atoms with Gasteiger partial charge in [-0.3, -0.25) is 9.59 Å². The van der Waals surface area contributed by atoms with Crippen molar-refractivity contribution in [3.63, 3.8) is 0 Å². The van der Waals surface area contributed by atoms with Crippen molar-refractivity contribution in [2.45, 2.75) is 19.4 Å². The molecule has 1 atom stereocenters. The first kappa shape index (κ1) is 15.2. The zero-order chi connectivity index (χ0) is 15.2. The van der Waals surface area contributed by atoms with Crippen LogP contribution in [0.4, 0.5) is 10.1 Å². The van der Waals surface area contributed by atoms with Crippen molar-refractivity contribution in [2.24, 2.45) is 0 Å². The highest BCUT2D eigenvalue weighted by atomic mass is 32.1. The highest BCUT2D eigenvalue weighted by Gasteiger charge is 2.18. The van der Waals surface area contributed by atoms with Crippen LogP contribution >= 0.6 is 11.3 Å². The van der Waals surface area contributed by atoms with Crippen LogP contribution in [0.3, 0.4) is 0 Å². The lowest BCUT2D eigenvalue weighted by Gasteiger charge is -2.13. The first-order valence-corrected chi connectivity index (χ1v) is 7.26. The Bertz CT molecular complexity index is 610. The van der Waals surface area contributed by atoms with Crippen LogP contribution in [0.5, 0.6) is 0 Å². The van der Waals surface area contributed by atoms with Crippen LogP contribution in [0.2, 0.25) is 0 Å². The number of benzene rings is 1. The summed E-state index contributed by atoms with van der Waals surface area (Å²) >= 11 is 1.49. The molecule has 1 aromatic heterocycles. The lowest BCUT2D eigenvalue weighted by molar-refractivity contribution is -0.152. The molecule has 1 N–H and O–H groups in total. The van der Waals surface area contributed by atoms with Gasteiger partial charge in [0, 0.05) is 5.69 Å². The average Bonchev–Trinajstić information content (AvgIpc) is 2.94. The summed E-state index contributed by atoms with van der Waals surface area (Å²) in [5.41, 5.74) is 1.30. The number of ether oxygens (including phenoxy) is 1. The molecule has 0 fully saturated rings. The molecule has 110 valence electrons. The summed E-state index contributed by atoms with van der Waals surface area (Å²) in [5, 5.41) is 6.27. The van der Waals surface area contributed by atoms with Crippen LogP contribution < -0.4 is 5.32 Å². The zero-order valence-corrected chi connectivity index (χ0v) is 12.2. The summed E-state index contributed by atoms with van der Waals surface area (Å²) < 4.78 is 17.8. The molecular formula is C15H14FNO3S. The maximum Gasteiger partial charge on any atom is 0.311 e. The summed E-state index contributed by atoms with van der Waals surface area (Å²) in [5.74, 6) is -1.31. The number of thiophene rings is 1. The van der Waals surface area contributed by atoms with E-state index in [1.165, 1.54) is 42.5 Å². The molecule has 0 aliphatic rings. The minimum absolute atomic E-state index is 0.137. The number of hydrogen-bond donors (Lipinski definition) is 1. The SMILES string of the molecule is C[C@H](OC(=O)Cc1ccsc1)C(=O)Nc1ccc(F)cc1. The number of nitrogens with one attached hydrogen (secondary N) is 1. The third-order valence-electron chi connectivity index (χ3n) is 2.72. The van der Waals surface area contributed by atoms with Gasteiger partial charge in [0.25, 0.3) is 5.91 Å². The predicted octanol–water partition coefficient (Wildman–Crippen LogP) is 3.00. The minimum atomic E-state index is -0.916. The van der Waals surface area contributed by atoms with Crippen molar-refractivity contribution < 1.29 is 18.7 Å². The Morgan fingerprint density at radius 3 is 2.62 bits per heavy atom. The first-order valence-electron chi connectivity index (χ1n) is 6.31. The van der Waals surface area contributed by atoms with Gasteiger partial charge in [-0.05, 0) is 53.6 Å². The number of hydrogen-bond acceptors (Lipinski definition) is 4. The Morgan fingerprint density at radius 2 is 2.00 bits per heavy atom. The fraction of sp³-hybridized carbons (Fsp3) is 0.200. The fourth-order valence-electron chi connectivity index (χ4n) is 1.63. The van der Waals surface area contributed by atoms with Gasteiger partial charge in [0.1, 0.15) is 5.82 Å². The highest BCUT2D eigenvalue weighted by molar-refractivity contribution is 7.07. The van der Waals surface area contributed by atoms with Gasteiger partial charge in [-0.25, -0.2) is 4.39 Å². The van der Waals surface area contributed by atoms with E-state index in [0.717, 1.165) is 5.56 Å². The van der Waals surface area contributed by atoms with Crippen LogP contribution in [0.1, 0.15) is 12.5 Å². The lowest BCUT2D eigenvalue weighted by atomic mass is 10.2. The van der Waals surface area contributed by atoms with E-state index >= 15 is 0 Å². The van der Waals surface area contributed by atoms with Crippen molar-refractivity contribution in [1.82, 2.24) is 0 Å². The molecule has 4 nitrogen and oxygen atoms in total. The molecule has 2 aromatic rings. The predicted molar refractivity (Wildman–Crippen MR) is 78.6 cm³/mol. The minimum Gasteiger partial charge on any atom is -0.452 e. The van der Waals surface area contributed by atoms with Crippen molar-refractivity contribution >= 4 is 28.9 Å². The molecule has 1 amide bonds. The van der Waals surface area contributed by atoms with Gasteiger partial charge in [0.2, 0.25) is 0 Å². The molecule has 0 aliphatic heterocycles. The molecule has 21 heavy (non-hydrogen) atoms. The number of anilines is 1. The van der Waals surface area contributed by atoms with Gasteiger partial charge >= 0.3 is 5.97 Å². The van der Waals surface area contributed by atoms with E-state index in [1.807, 2.05) is 16.8 Å². The van der Waals surface area contributed by atoms with Crippen LogP contribution in [-0.2, 0) is 20.7 Å². The second kappa shape index (κ2) is 6.99. The van der Waals surface area contributed by atoms with Crippen LogP contribution in [0.25, 0.3) is 0 Å². The van der Waals surface area contributed by atoms with Gasteiger partial charge in [0.05, 0.1) is 6.42 Å². The number of esters is 1. The third-order valence-corrected chi connectivity index (χ3v) is 3.45. The zero-order valence-electron chi connectivity index (χ0n) is 11.3.